The van der Waals surface area contributed by atoms with E-state index >= 15 is 0 Å². The number of methoxy groups -OCH3 is 1. The van der Waals surface area contributed by atoms with Gasteiger partial charge in [-0.15, -0.1) is 0 Å². The van der Waals surface area contributed by atoms with Crippen molar-refractivity contribution in [2.75, 3.05) is 50.6 Å². The average Bonchev–Trinajstić information content (AvgIpc) is 2.71. The average molecular weight is 383 g/mol. The van der Waals surface area contributed by atoms with Gasteiger partial charge in [-0.25, -0.2) is 0 Å². The van der Waals surface area contributed by atoms with Crippen LogP contribution >= 0.6 is 0 Å². The molecular formula is C21H25N3O4. The molecule has 3 rings (SSSR count). The van der Waals surface area contributed by atoms with Gasteiger partial charge in [-0.2, -0.15) is 0 Å². The number of hydrogen-bond donors (Lipinski definition) is 2. The Kier molecular flexibility index (Phi) is 7.00. The first-order valence-electron chi connectivity index (χ1n) is 9.25. The van der Waals surface area contributed by atoms with Crippen molar-refractivity contribution >= 4 is 23.2 Å². The number of carbonyl (C=O) groups is 2. The molecule has 0 unspecified atom stereocenters. The van der Waals surface area contributed by atoms with E-state index in [-0.39, 0.29) is 18.2 Å². The molecule has 148 valence electrons. The minimum absolute atomic E-state index is 0.0572. The van der Waals surface area contributed by atoms with Crippen LogP contribution in [0.25, 0.3) is 0 Å². The van der Waals surface area contributed by atoms with Gasteiger partial charge in [0.15, 0.2) is 0 Å². The van der Waals surface area contributed by atoms with E-state index in [4.69, 9.17) is 9.47 Å². The number of rotatable bonds is 7. The van der Waals surface area contributed by atoms with Gasteiger partial charge in [0.05, 0.1) is 33.3 Å². The third kappa shape index (κ3) is 6.07. The first-order chi connectivity index (χ1) is 13.6. The van der Waals surface area contributed by atoms with Gasteiger partial charge in [0, 0.05) is 24.5 Å². The highest BCUT2D eigenvalue weighted by atomic mass is 16.5. The molecule has 2 N–H and O–H groups in total. The number of nitrogens with zero attached hydrogens (tertiary/aromatic N) is 1. The predicted molar refractivity (Wildman–Crippen MR) is 108 cm³/mol. The van der Waals surface area contributed by atoms with Crippen LogP contribution in [0.4, 0.5) is 11.4 Å². The summed E-state index contributed by atoms with van der Waals surface area (Å²) in [4.78, 5) is 26.4. The van der Waals surface area contributed by atoms with Gasteiger partial charge in [-0.1, -0.05) is 12.1 Å². The van der Waals surface area contributed by atoms with Crippen molar-refractivity contribution in [1.29, 1.82) is 0 Å². The van der Waals surface area contributed by atoms with Gasteiger partial charge >= 0.3 is 0 Å². The van der Waals surface area contributed by atoms with E-state index in [1.165, 1.54) is 0 Å². The normalized spacial score (nSPS) is 14.3. The first-order valence-corrected chi connectivity index (χ1v) is 9.25. The zero-order valence-corrected chi connectivity index (χ0v) is 15.9. The molecule has 0 saturated carbocycles. The summed E-state index contributed by atoms with van der Waals surface area (Å²) in [5.41, 5.74) is 2.29. The van der Waals surface area contributed by atoms with Crippen molar-refractivity contribution in [3.8, 4) is 5.75 Å². The van der Waals surface area contributed by atoms with Crippen molar-refractivity contribution in [1.82, 2.24) is 4.90 Å². The molecular weight excluding hydrogens is 358 g/mol. The van der Waals surface area contributed by atoms with Gasteiger partial charge < -0.3 is 20.1 Å². The second kappa shape index (κ2) is 9.87. The molecule has 1 fully saturated rings. The Hall–Kier alpha value is -2.90. The Labute approximate surface area is 164 Å². The summed E-state index contributed by atoms with van der Waals surface area (Å²) in [7, 11) is 1.61. The summed E-state index contributed by atoms with van der Waals surface area (Å²) < 4.78 is 10.4. The smallest absolute Gasteiger partial charge is 0.238 e. The molecule has 7 nitrogen and oxygen atoms in total. The van der Waals surface area contributed by atoms with Crippen LogP contribution in [0.5, 0.6) is 5.75 Å². The summed E-state index contributed by atoms with van der Waals surface area (Å²) >= 11 is 0. The Morgan fingerprint density at radius 2 is 1.50 bits per heavy atom. The van der Waals surface area contributed by atoms with Crippen LogP contribution in [0.1, 0.15) is 5.56 Å². The number of nitrogens with one attached hydrogen (secondary N) is 2. The molecule has 1 aliphatic heterocycles. The highest BCUT2D eigenvalue weighted by Crippen LogP contribution is 2.15. The highest BCUT2D eigenvalue weighted by molar-refractivity contribution is 5.94. The fourth-order valence-corrected chi connectivity index (χ4v) is 2.93. The summed E-state index contributed by atoms with van der Waals surface area (Å²) in [5.74, 6) is 0.600. The van der Waals surface area contributed by atoms with E-state index in [0.717, 1.165) is 24.4 Å². The number of hydrogen-bond acceptors (Lipinski definition) is 5. The lowest BCUT2D eigenvalue weighted by atomic mass is 10.1. The lowest BCUT2D eigenvalue weighted by Crippen LogP contribution is -2.41. The Balaban J connectivity index is 1.46. The first kappa shape index (κ1) is 19.9. The molecule has 1 heterocycles. The predicted octanol–water partition coefficient (Wildman–Crippen LogP) is 2.15. The van der Waals surface area contributed by atoms with Gasteiger partial charge in [0.2, 0.25) is 11.8 Å². The number of benzene rings is 2. The highest BCUT2D eigenvalue weighted by Gasteiger charge is 2.14. The molecule has 7 heteroatoms. The van der Waals surface area contributed by atoms with E-state index in [1.807, 2.05) is 24.3 Å². The van der Waals surface area contributed by atoms with Crippen LogP contribution in [-0.2, 0) is 20.7 Å². The molecule has 0 radical (unpaired) electrons. The molecule has 2 amide bonds. The summed E-state index contributed by atoms with van der Waals surface area (Å²) in [6.45, 7) is 3.22. The summed E-state index contributed by atoms with van der Waals surface area (Å²) in [6, 6.07) is 14.5. The topological polar surface area (TPSA) is 79.9 Å². The van der Waals surface area contributed by atoms with E-state index in [1.54, 1.807) is 31.4 Å². The second-order valence-corrected chi connectivity index (χ2v) is 6.59. The Morgan fingerprint density at radius 1 is 0.929 bits per heavy atom. The maximum absolute atomic E-state index is 12.2. The van der Waals surface area contributed by atoms with E-state index < -0.39 is 0 Å². The van der Waals surface area contributed by atoms with Crippen LogP contribution in [-0.4, -0.2) is 56.7 Å². The van der Waals surface area contributed by atoms with Gasteiger partial charge in [0.25, 0.3) is 0 Å². The van der Waals surface area contributed by atoms with Crippen LogP contribution in [0.15, 0.2) is 48.5 Å². The number of morpholine rings is 1. The Morgan fingerprint density at radius 3 is 2.07 bits per heavy atom. The standard InChI is InChI=1S/C21H25N3O4/c1-27-19-8-2-16(3-9-19)14-20(25)22-17-4-6-18(7-5-17)23-21(26)15-24-10-12-28-13-11-24/h2-9H,10-15H2,1H3,(H,22,25)(H,23,26). The van der Waals surface area contributed by atoms with Crippen molar-refractivity contribution in [3.05, 3.63) is 54.1 Å². The van der Waals surface area contributed by atoms with Crippen LogP contribution in [0.3, 0.4) is 0 Å². The fourth-order valence-electron chi connectivity index (χ4n) is 2.93. The molecule has 0 bridgehead atoms. The molecule has 0 atom stereocenters. The van der Waals surface area contributed by atoms with Crippen molar-refractivity contribution in [2.24, 2.45) is 0 Å². The molecule has 1 saturated heterocycles. The van der Waals surface area contributed by atoms with Crippen LogP contribution in [0.2, 0.25) is 0 Å². The third-order valence-corrected chi connectivity index (χ3v) is 4.45. The molecule has 28 heavy (non-hydrogen) atoms. The van der Waals surface area contributed by atoms with E-state index in [2.05, 4.69) is 15.5 Å². The van der Waals surface area contributed by atoms with Crippen molar-refractivity contribution in [2.45, 2.75) is 6.42 Å². The van der Waals surface area contributed by atoms with Gasteiger partial charge in [-0.05, 0) is 42.0 Å². The van der Waals surface area contributed by atoms with E-state index in [0.29, 0.717) is 31.1 Å². The monoisotopic (exact) mass is 383 g/mol. The maximum atomic E-state index is 12.2. The third-order valence-electron chi connectivity index (χ3n) is 4.45. The quantitative estimate of drug-likeness (QED) is 0.766. The SMILES string of the molecule is COc1ccc(CC(=O)Nc2ccc(NC(=O)CN3CCOCC3)cc2)cc1. The van der Waals surface area contributed by atoms with Gasteiger partial charge in [0.1, 0.15) is 5.75 Å². The second-order valence-electron chi connectivity index (χ2n) is 6.59. The minimum Gasteiger partial charge on any atom is -0.497 e. The Bertz CT molecular complexity index is 784. The zero-order valence-electron chi connectivity index (χ0n) is 15.9. The lowest BCUT2D eigenvalue weighted by Gasteiger charge is -2.25. The largest absolute Gasteiger partial charge is 0.497 e. The molecule has 1 aliphatic rings. The summed E-state index contributed by atoms with van der Waals surface area (Å²) in [6.07, 6.45) is 0.280. The molecule has 2 aromatic rings. The minimum atomic E-state index is -0.103. The fraction of sp³-hybridized carbons (Fsp3) is 0.333. The van der Waals surface area contributed by atoms with Crippen molar-refractivity contribution in [3.63, 3.8) is 0 Å². The number of ether oxygens (including phenoxy) is 2. The number of carbonyl (C=O) groups excluding carboxylic acids is 2. The molecule has 0 spiro atoms. The van der Waals surface area contributed by atoms with E-state index in [9.17, 15) is 9.59 Å². The van der Waals surface area contributed by atoms with Crippen molar-refractivity contribution < 1.29 is 19.1 Å². The van der Waals surface area contributed by atoms with Crippen LogP contribution < -0.4 is 15.4 Å². The molecule has 0 aliphatic carbocycles. The number of amides is 2. The zero-order chi connectivity index (χ0) is 19.8. The number of anilines is 2. The van der Waals surface area contributed by atoms with Crippen LogP contribution in [0, 0.1) is 0 Å². The maximum Gasteiger partial charge on any atom is 0.238 e. The van der Waals surface area contributed by atoms with Gasteiger partial charge in [-0.3, -0.25) is 14.5 Å². The summed E-state index contributed by atoms with van der Waals surface area (Å²) in [5, 5.41) is 5.73. The lowest BCUT2D eigenvalue weighted by molar-refractivity contribution is -0.118. The molecule has 0 aromatic heterocycles. The molecule has 2 aromatic carbocycles.